The third-order valence-electron chi connectivity index (χ3n) is 1.51. The van der Waals surface area contributed by atoms with Gasteiger partial charge < -0.3 is 5.11 Å². The van der Waals surface area contributed by atoms with Crippen LogP contribution < -0.4 is 0 Å². The maximum Gasteiger partial charge on any atom is 0.274 e. The Morgan fingerprint density at radius 2 is 2.00 bits per heavy atom. The molecule has 0 aliphatic rings. The van der Waals surface area contributed by atoms with Gasteiger partial charge >= 0.3 is 0 Å². The molecule has 13 heavy (non-hydrogen) atoms. The van der Waals surface area contributed by atoms with E-state index >= 15 is 0 Å². The largest absolute Gasteiger partial charge is 0.425 e. The van der Waals surface area contributed by atoms with Crippen LogP contribution in [-0.4, -0.2) is 38.9 Å². The SMILES string of the molecule is CC.CN(C)C([OH2+])c1ncnn1C. The zero-order valence-electron chi connectivity index (χ0n) is 8.94. The fraction of sp³-hybridized carbons (Fsp3) is 0.750. The van der Waals surface area contributed by atoms with Crippen molar-refractivity contribution in [2.24, 2.45) is 7.05 Å². The molecule has 0 radical (unpaired) electrons. The highest BCUT2D eigenvalue weighted by Crippen LogP contribution is 2.08. The summed E-state index contributed by atoms with van der Waals surface area (Å²) >= 11 is 0. The molecule has 1 aromatic heterocycles. The lowest BCUT2D eigenvalue weighted by Gasteiger charge is -2.12. The normalized spacial score (nSPS) is 12.2. The molecule has 0 bridgehead atoms. The molecular weight excluding hydrogens is 168 g/mol. The van der Waals surface area contributed by atoms with Crippen molar-refractivity contribution in [3.8, 4) is 0 Å². The molecule has 0 amide bonds. The molecule has 5 nitrogen and oxygen atoms in total. The van der Waals surface area contributed by atoms with Crippen molar-refractivity contribution >= 4 is 0 Å². The molecule has 0 aromatic carbocycles. The third kappa shape index (κ3) is 3.12. The van der Waals surface area contributed by atoms with E-state index in [1.165, 1.54) is 6.33 Å². The standard InChI is InChI=1S/C6H12N4O.C2H6/c1-9(2)6(11)5-7-4-8-10(5)3;1-2/h4,6,11H,1-3H3;1-2H3/p+1. The first-order chi connectivity index (χ1) is 6.13. The van der Waals surface area contributed by atoms with Crippen molar-refractivity contribution in [2.75, 3.05) is 14.1 Å². The van der Waals surface area contributed by atoms with Crippen molar-refractivity contribution in [2.45, 2.75) is 20.1 Å². The van der Waals surface area contributed by atoms with E-state index in [9.17, 15) is 0 Å². The molecule has 0 fully saturated rings. The summed E-state index contributed by atoms with van der Waals surface area (Å²) in [7, 11) is 5.46. The van der Waals surface area contributed by atoms with E-state index in [4.69, 9.17) is 5.11 Å². The maximum absolute atomic E-state index is 7.63. The monoisotopic (exact) mass is 187 g/mol. The summed E-state index contributed by atoms with van der Waals surface area (Å²) in [5, 5.41) is 11.5. The molecule has 0 saturated carbocycles. The summed E-state index contributed by atoms with van der Waals surface area (Å²) in [5.74, 6) is 0.662. The van der Waals surface area contributed by atoms with Gasteiger partial charge in [0.2, 0.25) is 5.82 Å². The van der Waals surface area contributed by atoms with Crippen LogP contribution in [0.4, 0.5) is 0 Å². The van der Waals surface area contributed by atoms with Crippen molar-refractivity contribution in [1.29, 1.82) is 0 Å². The lowest BCUT2D eigenvalue weighted by molar-refractivity contribution is 0.0287. The quantitative estimate of drug-likeness (QED) is 0.488. The van der Waals surface area contributed by atoms with Gasteiger partial charge in [-0.2, -0.15) is 5.10 Å². The summed E-state index contributed by atoms with van der Waals surface area (Å²) in [5.41, 5.74) is 0. The molecule has 1 heterocycles. The number of aromatic nitrogens is 3. The molecule has 0 spiro atoms. The van der Waals surface area contributed by atoms with E-state index in [0.717, 1.165) is 0 Å². The number of nitrogens with zero attached hydrogens (tertiary/aromatic N) is 4. The molecule has 0 aliphatic heterocycles. The van der Waals surface area contributed by atoms with Crippen LogP contribution in [0, 0.1) is 0 Å². The smallest absolute Gasteiger partial charge is 0.274 e. The topological polar surface area (TPSA) is 56.9 Å². The third-order valence-corrected chi connectivity index (χ3v) is 1.51. The van der Waals surface area contributed by atoms with Gasteiger partial charge in [-0.3, -0.25) is 0 Å². The van der Waals surface area contributed by atoms with E-state index in [-0.39, 0.29) is 0 Å². The van der Waals surface area contributed by atoms with Crippen LogP contribution in [0.1, 0.15) is 25.9 Å². The van der Waals surface area contributed by atoms with Crippen LogP contribution in [-0.2, 0) is 7.05 Å². The predicted molar refractivity (Wildman–Crippen MR) is 52.4 cm³/mol. The van der Waals surface area contributed by atoms with Gasteiger partial charge in [0.1, 0.15) is 6.33 Å². The Hall–Kier alpha value is -0.940. The van der Waals surface area contributed by atoms with Gasteiger partial charge in [-0.15, -0.1) is 0 Å². The molecule has 1 unspecified atom stereocenters. The molecular formula is C8H19N4O+. The van der Waals surface area contributed by atoms with Crippen molar-refractivity contribution in [3.05, 3.63) is 12.2 Å². The zero-order valence-corrected chi connectivity index (χ0v) is 8.94. The van der Waals surface area contributed by atoms with E-state index in [2.05, 4.69) is 10.1 Å². The van der Waals surface area contributed by atoms with E-state index in [1.807, 2.05) is 27.9 Å². The second-order valence-electron chi connectivity index (χ2n) is 2.61. The van der Waals surface area contributed by atoms with Crippen LogP contribution >= 0.6 is 0 Å². The van der Waals surface area contributed by atoms with Gasteiger partial charge in [0.05, 0.1) is 0 Å². The van der Waals surface area contributed by atoms with Crippen molar-refractivity contribution < 1.29 is 5.11 Å². The number of rotatable bonds is 2. The highest BCUT2D eigenvalue weighted by molar-refractivity contribution is 4.87. The summed E-state index contributed by atoms with van der Waals surface area (Å²) in [6.45, 7) is 4.00. The van der Waals surface area contributed by atoms with E-state index in [1.54, 1.807) is 16.6 Å². The molecule has 2 N–H and O–H groups in total. The van der Waals surface area contributed by atoms with E-state index in [0.29, 0.717) is 5.82 Å². The molecule has 0 saturated heterocycles. The first kappa shape index (κ1) is 12.1. The lowest BCUT2D eigenvalue weighted by atomic mass is 10.5. The highest BCUT2D eigenvalue weighted by Gasteiger charge is 2.19. The number of aryl methyl sites for hydroxylation is 1. The molecule has 1 rings (SSSR count). The maximum atomic E-state index is 7.63. The fourth-order valence-corrected chi connectivity index (χ4v) is 0.784. The van der Waals surface area contributed by atoms with Gasteiger partial charge in [0.15, 0.2) is 0 Å². The Labute approximate surface area is 79.0 Å². The van der Waals surface area contributed by atoms with Crippen LogP contribution in [0.25, 0.3) is 0 Å². The summed E-state index contributed by atoms with van der Waals surface area (Å²) < 4.78 is 1.61. The molecule has 76 valence electrons. The minimum atomic E-state index is -0.428. The predicted octanol–water partition coefficient (Wildman–Crippen LogP) is 0.126. The Morgan fingerprint density at radius 3 is 2.31 bits per heavy atom. The number of hydrogen-bond donors (Lipinski definition) is 0. The number of hydrogen-bond acceptors (Lipinski definition) is 3. The van der Waals surface area contributed by atoms with Crippen LogP contribution in [0.5, 0.6) is 0 Å². The second kappa shape index (κ2) is 5.66. The summed E-state index contributed by atoms with van der Waals surface area (Å²) in [6.07, 6.45) is 1.03. The lowest BCUT2D eigenvalue weighted by Crippen LogP contribution is -2.22. The van der Waals surface area contributed by atoms with Crippen molar-refractivity contribution in [3.63, 3.8) is 0 Å². The first-order valence-electron chi connectivity index (χ1n) is 4.34. The first-order valence-corrected chi connectivity index (χ1v) is 4.34. The fourth-order valence-electron chi connectivity index (χ4n) is 0.784. The zero-order chi connectivity index (χ0) is 10.4. The van der Waals surface area contributed by atoms with Crippen LogP contribution in [0.2, 0.25) is 0 Å². The van der Waals surface area contributed by atoms with Gasteiger partial charge in [-0.1, -0.05) is 13.8 Å². The Bertz CT molecular complexity index is 234. The Morgan fingerprint density at radius 1 is 1.46 bits per heavy atom. The van der Waals surface area contributed by atoms with Gasteiger partial charge in [0, 0.05) is 7.05 Å². The average Bonchev–Trinajstić information content (AvgIpc) is 2.53. The van der Waals surface area contributed by atoms with Gasteiger partial charge in [-0.05, 0) is 14.1 Å². The van der Waals surface area contributed by atoms with Gasteiger partial charge in [-0.25, -0.2) is 14.6 Å². The molecule has 1 atom stereocenters. The van der Waals surface area contributed by atoms with Crippen LogP contribution in [0.15, 0.2) is 6.33 Å². The highest BCUT2D eigenvalue weighted by atomic mass is 16.3. The van der Waals surface area contributed by atoms with Gasteiger partial charge in [0.25, 0.3) is 6.23 Å². The van der Waals surface area contributed by atoms with Crippen LogP contribution in [0.3, 0.4) is 0 Å². The minimum absolute atomic E-state index is 0.428. The Balaban J connectivity index is 0.000000671. The summed E-state index contributed by atoms with van der Waals surface area (Å²) in [6, 6.07) is 0. The van der Waals surface area contributed by atoms with Crippen molar-refractivity contribution in [1.82, 2.24) is 19.7 Å². The Kier molecular flexibility index (Phi) is 5.25. The molecule has 5 heteroatoms. The average molecular weight is 187 g/mol. The molecule has 0 aliphatic carbocycles. The summed E-state index contributed by atoms with van der Waals surface area (Å²) in [4.78, 5) is 5.73. The second-order valence-corrected chi connectivity index (χ2v) is 2.61. The molecule has 1 aromatic rings. The minimum Gasteiger partial charge on any atom is -0.425 e. The van der Waals surface area contributed by atoms with E-state index < -0.39 is 6.23 Å².